The first-order valence-corrected chi connectivity index (χ1v) is 15.4. The van der Waals surface area contributed by atoms with Crippen LogP contribution in [0.5, 0.6) is 0 Å². The highest BCUT2D eigenvalue weighted by molar-refractivity contribution is 6.23. The molecule has 0 aromatic heterocycles. The molecule has 0 spiro atoms. The highest BCUT2D eigenvalue weighted by Crippen LogP contribution is 2.46. The zero-order valence-corrected chi connectivity index (χ0v) is 24.8. The van der Waals surface area contributed by atoms with E-state index >= 15 is 0 Å². The maximum absolute atomic E-state index is 10.0. The largest absolute Gasteiger partial charge is 0.0636 e. The van der Waals surface area contributed by atoms with Crippen LogP contribution in [-0.4, -0.2) is 0 Å². The van der Waals surface area contributed by atoms with Gasteiger partial charge in [-0.2, -0.15) is 0 Å². The topological polar surface area (TPSA) is 0 Å². The molecular formula is C46H30. The zero-order chi connectivity index (χ0) is 36.5. The highest BCUT2D eigenvalue weighted by atomic mass is 14.2. The molecule has 0 aliphatic heterocycles. The van der Waals surface area contributed by atoms with Crippen LogP contribution in [0, 0.1) is 0 Å². The number of fused-ring (bicyclic) bond motifs is 4. The minimum Gasteiger partial charge on any atom is -0.0622 e. The quantitative estimate of drug-likeness (QED) is 0.179. The predicted molar refractivity (Wildman–Crippen MR) is 198 cm³/mol. The molecule has 0 aliphatic carbocycles. The summed E-state index contributed by atoms with van der Waals surface area (Å²) in [6.45, 7) is 0. The molecule has 0 atom stereocenters. The van der Waals surface area contributed by atoms with Crippen molar-refractivity contribution in [2.24, 2.45) is 0 Å². The Bertz CT molecular complexity index is 2950. The second-order valence-corrected chi connectivity index (χ2v) is 11.5. The molecular weight excluding hydrogens is 553 g/mol. The van der Waals surface area contributed by atoms with Gasteiger partial charge in [-0.05, 0) is 106 Å². The van der Waals surface area contributed by atoms with Gasteiger partial charge in [0.2, 0.25) is 0 Å². The Kier molecular flexibility index (Phi) is 4.76. The minimum atomic E-state index is -0.387. The van der Waals surface area contributed by atoms with Crippen LogP contribution in [0.2, 0.25) is 0 Å². The molecule has 0 amide bonds. The summed E-state index contributed by atoms with van der Waals surface area (Å²) in [7, 11) is 0. The Morgan fingerprint density at radius 1 is 0.326 bits per heavy atom. The van der Waals surface area contributed by atoms with E-state index in [1.165, 1.54) is 0 Å². The van der Waals surface area contributed by atoms with Gasteiger partial charge in [-0.3, -0.25) is 0 Å². The number of hydrogen-bond donors (Lipinski definition) is 0. The number of rotatable bonds is 4. The van der Waals surface area contributed by atoms with Crippen molar-refractivity contribution in [1.29, 1.82) is 0 Å². The van der Waals surface area contributed by atoms with Gasteiger partial charge in [-0.25, -0.2) is 0 Å². The molecule has 0 aliphatic rings. The van der Waals surface area contributed by atoms with Crippen LogP contribution in [0.4, 0.5) is 0 Å². The molecule has 0 heteroatoms. The molecule has 46 heavy (non-hydrogen) atoms. The fraction of sp³-hybridized carbons (Fsp3) is 0. The summed E-state index contributed by atoms with van der Waals surface area (Å²) in [6.07, 6.45) is 0. The van der Waals surface area contributed by atoms with Gasteiger partial charge in [-0.15, -0.1) is 0 Å². The van der Waals surface area contributed by atoms with E-state index in [2.05, 4.69) is 6.07 Å². The lowest BCUT2D eigenvalue weighted by atomic mass is 9.83. The Balaban J connectivity index is 1.57. The number of hydrogen-bond acceptors (Lipinski definition) is 0. The normalized spacial score (nSPS) is 13.6. The highest BCUT2D eigenvalue weighted by Gasteiger charge is 2.19. The third kappa shape index (κ3) is 4.30. The Morgan fingerprint density at radius 3 is 1.63 bits per heavy atom. The molecule has 9 rings (SSSR count). The lowest BCUT2D eigenvalue weighted by Gasteiger charge is -2.20. The molecule has 9 aromatic carbocycles. The van der Waals surface area contributed by atoms with Crippen molar-refractivity contribution in [3.63, 3.8) is 0 Å². The third-order valence-corrected chi connectivity index (χ3v) is 8.86. The molecule has 0 radical (unpaired) electrons. The number of benzene rings is 9. The van der Waals surface area contributed by atoms with E-state index < -0.39 is 0 Å². The van der Waals surface area contributed by atoms with Crippen molar-refractivity contribution in [3.8, 4) is 44.5 Å². The van der Waals surface area contributed by atoms with Gasteiger partial charge in [0.05, 0.1) is 9.60 Å². The second-order valence-electron chi connectivity index (χ2n) is 11.5. The van der Waals surface area contributed by atoms with Gasteiger partial charge in [0.25, 0.3) is 0 Å². The van der Waals surface area contributed by atoms with Crippen molar-refractivity contribution < 1.29 is 9.60 Å². The van der Waals surface area contributed by atoms with Gasteiger partial charge in [0.1, 0.15) is 0 Å². The predicted octanol–water partition coefficient (Wildman–Crippen LogP) is 13.0. The summed E-state index contributed by atoms with van der Waals surface area (Å²) in [6, 6.07) is 43.4. The molecule has 0 bridgehead atoms. The molecule has 0 fully saturated rings. The first-order valence-electron chi connectivity index (χ1n) is 18.9. The summed E-state index contributed by atoms with van der Waals surface area (Å²) >= 11 is 0. The van der Waals surface area contributed by atoms with Crippen molar-refractivity contribution in [2.45, 2.75) is 0 Å². The maximum Gasteiger partial charge on any atom is 0.0636 e. The first-order chi connectivity index (χ1) is 25.8. The fourth-order valence-electron chi connectivity index (χ4n) is 6.79. The molecule has 214 valence electrons. The van der Waals surface area contributed by atoms with Crippen molar-refractivity contribution in [1.82, 2.24) is 0 Å². The second kappa shape index (κ2) is 10.9. The summed E-state index contributed by atoms with van der Waals surface area (Å²) in [4.78, 5) is 0. The Hall–Kier alpha value is -5.98. The van der Waals surface area contributed by atoms with E-state index in [0.717, 1.165) is 32.7 Å². The molecule has 0 saturated carbocycles. The van der Waals surface area contributed by atoms with Crippen LogP contribution < -0.4 is 0 Å². The summed E-state index contributed by atoms with van der Waals surface area (Å²) in [5.41, 5.74) is 4.96. The molecule has 0 saturated heterocycles. The van der Waals surface area contributed by atoms with Crippen molar-refractivity contribution in [3.05, 3.63) is 182 Å². The van der Waals surface area contributed by atoms with Gasteiger partial charge < -0.3 is 0 Å². The van der Waals surface area contributed by atoms with Crippen molar-refractivity contribution >= 4 is 43.1 Å². The van der Waals surface area contributed by atoms with Crippen LogP contribution in [0.15, 0.2) is 182 Å². The van der Waals surface area contributed by atoms with E-state index in [1.54, 1.807) is 0 Å². The molecule has 9 aromatic rings. The van der Waals surface area contributed by atoms with E-state index in [0.29, 0.717) is 44.2 Å². The van der Waals surface area contributed by atoms with Gasteiger partial charge in [-0.1, -0.05) is 164 Å². The van der Waals surface area contributed by atoms with Crippen LogP contribution in [0.1, 0.15) is 9.60 Å². The molecule has 0 unspecified atom stereocenters. The standard InChI is InChI=1S/C46H30/c1-3-14-32(15-4-1)43-30-36(28-34-19-8-10-22-39(34)43)46-41-24-12-11-23-40(41)45(33-17-5-2-6-18-33)44-29-35(26-27-42(44)46)38-25-13-20-31-16-7-9-21-37(31)38/h1-30H/i11D,12D,23D,24D,26D,27D,29D. The summed E-state index contributed by atoms with van der Waals surface area (Å²) in [5, 5.41) is 4.89. The van der Waals surface area contributed by atoms with Gasteiger partial charge >= 0.3 is 0 Å². The summed E-state index contributed by atoms with van der Waals surface area (Å²) < 4.78 is 66.0. The zero-order valence-electron chi connectivity index (χ0n) is 31.8. The van der Waals surface area contributed by atoms with E-state index in [4.69, 9.17) is 2.74 Å². The SMILES string of the molecule is [2H]c1c([2H])c([2H])c2c(-c3ccccc3)c3c([2H])c(-c4cccc5ccccc45)c([2H])c([2H])c3c(-c3cc(-c4ccccc4)c4ccccc4c3)c2c1[2H]. The average molecular weight is 590 g/mol. The Labute approximate surface area is 278 Å². The minimum absolute atomic E-state index is 0.0239. The van der Waals surface area contributed by atoms with Crippen molar-refractivity contribution in [2.75, 3.05) is 0 Å². The maximum atomic E-state index is 10.0. The Morgan fingerprint density at radius 2 is 0.891 bits per heavy atom. The van der Waals surface area contributed by atoms with E-state index in [-0.39, 0.29) is 53.1 Å². The lowest BCUT2D eigenvalue weighted by Crippen LogP contribution is -1.93. The smallest absolute Gasteiger partial charge is 0.0622 e. The van der Waals surface area contributed by atoms with Crippen LogP contribution in [0.3, 0.4) is 0 Å². The third-order valence-electron chi connectivity index (χ3n) is 8.86. The summed E-state index contributed by atoms with van der Waals surface area (Å²) in [5.74, 6) is 0. The van der Waals surface area contributed by atoms with Gasteiger partial charge in [0, 0.05) is 0 Å². The molecule has 0 heterocycles. The van der Waals surface area contributed by atoms with Gasteiger partial charge in [0.15, 0.2) is 0 Å². The monoisotopic (exact) mass is 589 g/mol. The lowest BCUT2D eigenvalue weighted by molar-refractivity contribution is 1.63. The fourth-order valence-corrected chi connectivity index (χ4v) is 6.79. The average Bonchev–Trinajstić information content (AvgIpc) is 3.20. The van der Waals surface area contributed by atoms with Crippen LogP contribution in [-0.2, 0) is 0 Å². The van der Waals surface area contributed by atoms with E-state index in [1.807, 2.05) is 133 Å². The van der Waals surface area contributed by atoms with E-state index in [9.17, 15) is 6.85 Å². The molecule has 0 N–H and O–H groups in total. The first kappa shape index (κ1) is 20.1. The molecule has 0 nitrogen and oxygen atoms in total. The van der Waals surface area contributed by atoms with Crippen LogP contribution in [0.25, 0.3) is 87.6 Å². The van der Waals surface area contributed by atoms with Crippen LogP contribution >= 0.6 is 0 Å².